The van der Waals surface area contributed by atoms with Gasteiger partial charge in [0, 0.05) is 6.54 Å². The van der Waals surface area contributed by atoms with E-state index >= 15 is 0 Å². The van der Waals surface area contributed by atoms with Gasteiger partial charge >= 0.3 is 0 Å². The van der Waals surface area contributed by atoms with Crippen LogP contribution in [-0.2, 0) is 0 Å². The Hall–Kier alpha value is -0.0400. The Kier molecular flexibility index (Phi) is 8.26. The van der Waals surface area contributed by atoms with Crippen molar-refractivity contribution in [2.45, 2.75) is 66.2 Å². The van der Waals surface area contributed by atoms with E-state index in [0.29, 0.717) is 5.41 Å². The van der Waals surface area contributed by atoms with Gasteiger partial charge in [-0.2, -0.15) is 0 Å². The van der Waals surface area contributed by atoms with Crippen LogP contribution in [0.4, 0.5) is 0 Å². The molecule has 1 atom stereocenters. The summed E-state index contributed by atoms with van der Waals surface area (Å²) in [5.41, 5.74) is 0.532. The third-order valence-corrected chi connectivity index (χ3v) is 3.22. The van der Waals surface area contributed by atoms with E-state index in [2.05, 4.69) is 33.0 Å². The fourth-order valence-corrected chi connectivity index (χ4v) is 1.76. The van der Waals surface area contributed by atoms with Crippen LogP contribution < -0.4 is 5.32 Å². The van der Waals surface area contributed by atoms with Gasteiger partial charge in [0.2, 0.25) is 0 Å². The maximum Gasteiger partial charge on any atom is 0.000506 e. The molecule has 0 saturated heterocycles. The third-order valence-electron chi connectivity index (χ3n) is 3.22. The molecule has 0 fully saturated rings. The molecule has 0 aromatic rings. The lowest BCUT2D eigenvalue weighted by molar-refractivity contribution is 0.260. The Balaban J connectivity index is 3.67. The van der Waals surface area contributed by atoms with Crippen LogP contribution in [0.5, 0.6) is 0 Å². The van der Waals surface area contributed by atoms with Crippen molar-refractivity contribution >= 4 is 0 Å². The minimum absolute atomic E-state index is 0.532. The monoisotopic (exact) mass is 199 g/mol. The molecular formula is C13H29N. The normalized spacial score (nSPS) is 15.4. The van der Waals surface area contributed by atoms with Gasteiger partial charge in [0.05, 0.1) is 0 Å². The third kappa shape index (κ3) is 6.42. The average Bonchev–Trinajstić information content (AvgIpc) is 2.19. The van der Waals surface area contributed by atoms with Crippen LogP contribution in [0.1, 0.15) is 66.2 Å². The molecule has 1 nitrogen and oxygen atoms in total. The molecule has 0 spiro atoms. The van der Waals surface area contributed by atoms with Crippen molar-refractivity contribution in [3.63, 3.8) is 0 Å². The van der Waals surface area contributed by atoms with Crippen molar-refractivity contribution in [1.29, 1.82) is 0 Å². The molecule has 0 amide bonds. The highest BCUT2D eigenvalue weighted by molar-refractivity contribution is 4.75. The number of nitrogens with one attached hydrogen (secondary N) is 1. The summed E-state index contributed by atoms with van der Waals surface area (Å²) in [5.74, 6) is 0. The predicted octanol–water partition coefficient (Wildman–Crippen LogP) is 3.98. The van der Waals surface area contributed by atoms with Crippen molar-refractivity contribution in [1.82, 2.24) is 5.32 Å². The maximum absolute atomic E-state index is 3.55. The van der Waals surface area contributed by atoms with Gasteiger partial charge < -0.3 is 5.32 Å². The van der Waals surface area contributed by atoms with Gasteiger partial charge in [-0.1, -0.05) is 47.0 Å². The zero-order valence-corrected chi connectivity index (χ0v) is 10.7. The molecule has 0 rings (SSSR count). The predicted molar refractivity (Wildman–Crippen MR) is 65.7 cm³/mol. The summed E-state index contributed by atoms with van der Waals surface area (Å²) in [6, 6.07) is 0. The van der Waals surface area contributed by atoms with E-state index in [4.69, 9.17) is 0 Å². The highest BCUT2D eigenvalue weighted by Gasteiger charge is 2.20. The van der Waals surface area contributed by atoms with E-state index < -0.39 is 0 Å². The van der Waals surface area contributed by atoms with E-state index in [1.165, 1.54) is 51.6 Å². The van der Waals surface area contributed by atoms with Gasteiger partial charge in [-0.25, -0.2) is 0 Å². The first kappa shape index (κ1) is 14.0. The Bertz CT molecular complexity index is 110. The Labute approximate surface area is 90.7 Å². The quantitative estimate of drug-likeness (QED) is 0.554. The second-order valence-electron chi connectivity index (χ2n) is 4.80. The second-order valence-corrected chi connectivity index (χ2v) is 4.80. The SMILES string of the molecule is CCCCCC(C)(CC)CNCCC. The molecule has 0 saturated carbocycles. The topological polar surface area (TPSA) is 12.0 Å². The van der Waals surface area contributed by atoms with Crippen molar-refractivity contribution in [3.8, 4) is 0 Å². The van der Waals surface area contributed by atoms with Gasteiger partial charge in [-0.15, -0.1) is 0 Å². The van der Waals surface area contributed by atoms with E-state index in [1.807, 2.05) is 0 Å². The smallest absolute Gasteiger partial charge is 0.000506 e. The number of rotatable bonds is 9. The largest absolute Gasteiger partial charge is 0.316 e. The molecule has 14 heavy (non-hydrogen) atoms. The molecule has 0 aliphatic rings. The summed E-state index contributed by atoms with van der Waals surface area (Å²) in [7, 11) is 0. The molecule has 0 aromatic carbocycles. The van der Waals surface area contributed by atoms with Crippen LogP contribution >= 0.6 is 0 Å². The van der Waals surface area contributed by atoms with Gasteiger partial charge in [0.25, 0.3) is 0 Å². The molecule has 1 heteroatoms. The molecular weight excluding hydrogens is 170 g/mol. The zero-order valence-electron chi connectivity index (χ0n) is 10.7. The van der Waals surface area contributed by atoms with Gasteiger partial charge in [0.15, 0.2) is 0 Å². The zero-order chi connectivity index (χ0) is 10.9. The number of unbranched alkanes of at least 4 members (excludes halogenated alkanes) is 2. The average molecular weight is 199 g/mol. The summed E-state index contributed by atoms with van der Waals surface area (Å²) in [6.07, 6.45) is 8.05. The lowest BCUT2D eigenvalue weighted by Gasteiger charge is -2.28. The highest BCUT2D eigenvalue weighted by atomic mass is 14.9. The van der Waals surface area contributed by atoms with Crippen molar-refractivity contribution < 1.29 is 0 Å². The summed E-state index contributed by atoms with van der Waals surface area (Å²) in [4.78, 5) is 0. The minimum Gasteiger partial charge on any atom is -0.316 e. The fraction of sp³-hybridized carbons (Fsp3) is 1.00. The molecule has 1 N–H and O–H groups in total. The van der Waals surface area contributed by atoms with Crippen LogP contribution in [0, 0.1) is 5.41 Å². The fourth-order valence-electron chi connectivity index (χ4n) is 1.76. The van der Waals surface area contributed by atoms with E-state index in [0.717, 1.165) is 0 Å². The van der Waals surface area contributed by atoms with E-state index in [9.17, 15) is 0 Å². The lowest BCUT2D eigenvalue weighted by atomic mass is 9.82. The van der Waals surface area contributed by atoms with Crippen LogP contribution in [0.15, 0.2) is 0 Å². The maximum atomic E-state index is 3.55. The first-order valence-corrected chi connectivity index (χ1v) is 6.39. The second kappa shape index (κ2) is 8.28. The summed E-state index contributed by atoms with van der Waals surface area (Å²) in [6.45, 7) is 11.6. The molecule has 0 aliphatic heterocycles. The molecule has 0 aliphatic carbocycles. The van der Waals surface area contributed by atoms with E-state index in [-0.39, 0.29) is 0 Å². The molecule has 0 bridgehead atoms. The molecule has 0 aromatic heterocycles. The number of hydrogen-bond acceptors (Lipinski definition) is 1. The van der Waals surface area contributed by atoms with Crippen LogP contribution in [-0.4, -0.2) is 13.1 Å². The summed E-state index contributed by atoms with van der Waals surface area (Å²) < 4.78 is 0. The standard InChI is InChI=1S/C13H29N/c1-5-8-9-10-13(4,7-3)12-14-11-6-2/h14H,5-12H2,1-4H3. The van der Waals surface area contributed by atoms with Crippen molar-refractivity contribution in [3.05, 3.63) is 0 Å². The first-order chi connectivity index (χ1) is 6.68. The van der Waals surface area contributed by atoms with Crippen molar-refractivity contribution in [2.75, 3.05) is 13.1 Å². The summed E-state index contributed by atoms with van der Waals surface area (Å²) >= 11 is 0. The molecule has 1 unspecified atom stereocenters. The molecule has 0 radical (unpaired) electrons. The number of hydrogen-bond donors (Lipinski definition) is 1. The Morgan fingerprint density at radius 2 is 1.71 bits per heavy atom. The lowest BCUT2D eigenvalue weighted by Crippen LogP contribution is -2.31. The van der Waals surface area contributed by atoms with Crippen LogP contribution in [0.25, 0.3) is 0 Å². The van der Waals surface area contributed by atoms with Gasteiger partial charge in [-0.05, 0) is 31.2 Å². The van der Waals surface area contributed by atoms with Crippen molar-refractivity contribution in [2.24, 2.45) is 5.41 Å². The summed E-state index contributed by atoms with van der Waals surface area (Å²) in [5, 5.41) is 3.55. The highest BCUT2D eigenvalue weighted by Crippen LogP contribution is 2.27. The first-order valence-electron chi connectivity index (χ1n) is 6.39. The van der Waals surface area contributed by atoms with Gasteiger partial charge in [-0.3, -0.25) is 0 Å². The van der Waals surface area contributed by atoms with Gasteiger partial charge in [0.1, 0.15) is 0 Å². The van der Waals surface area contributed by atoms with Crippen LogP contribution in [0.3, 0.4) is 0 Å². The minimum atomic E-state index is 0.532. The molecule has 0 heterocycles. The molecule has 86 valence electrons. The van der Waals surface area contributed by atoms with Crippen LogP contribution in [0.2, 0.25) is 0 Å². The van der Waals surface area contributed by atoms with E-state index in [1.54, 1.807) is 0 Å². The Morgan fingerprint density at radius 1 is 1.00 bits per heavy atom. The Morgan fingerprint density at radius 3 is 2.21 bits per heavy atom.